The van der Waals surface area contributed by atoms with Crippen LogP contribution in [0.5, 0.6) is 0 Å². The van der Waals surface area contributed by atoms with Crippen LogP contribution in [0.15, 0.2) is 17.5 Å². The average molecular weight is 282 g/mol. The third kappa shape index (κ3) is 3.00. The number of thiophene rings is 1. The van der Waals surface area contributed by atoms with Gasteiger partial charge < -0.3 is 5.32 Å². The number of hydrogen-bond donors (Lipinski definition) is 1. The van der Waals surface area contributed by atoms with E-state index in [-0.39, 0.29) is 0 Å². The molecule has 3 nitrogen and oxygen atoms in total. The summed E-state index contributed by atoms with van der Waals surface area (Å²) in [5, 5.41) is 5.87. The fraction of sp³-hybridized carbons (Fsp3) is 0.385. The Morgan fingerprint density at radius 2 is 2.11 bits per heavy atom. The Hall–Kier alpha value is -1.13. The van der Waals surface area contributed by atoms with Crippen molar-refractivity contribution in [3.63, 3.8) is 0 Å². The quantitative estimate of drug-likeness (QED) is 0.902. The number of nitrogens with one attached hydrogen (secondary N) is 1. The summed E-state index contributed by atoms with van der Waals surface area (Å²) in [4.78, 5) is 10.1. The highest BCUT2D eigenvalue weighted by Crippen LogP contribution is 2.29. The molecule has 18 heavy (non-hydrogen) atoms. The van der Waals surface area contributed by atoms with Gasteiger partial charge >= 0.3 is 0 Å². The first-order valence-corrected chi connectivity index (χ1v) is 7.23. The van der Waals surface area contributed by atoms with E-state index in [9.17, 15) is 0 Å². The first-order chi connectivity index (χ1) is 8.60. The van der Waals surface area contributed by atoms with Gasteiger partial charge in [0.25, 0.3) is 0 Å². The van der Waals surface area contributed by atoms with Crippen molar-refractivity contribution in [2.75, 3.05) is 11.9 Å². The molecule has 0 fully saturated rings. The zero-order valence-electron chi connectivity index (χ0n) is 10.7. The van der Waals surface area contributed by atoms with E-state index in [0.717, 1.165) is 33.8 Å². The van der Waals surface area contributed by atoms with Gasteiger partial charge in [0.1, 0.15) is 5.82 Å². The molecule has 2 heterocycles. The summed E-state index contributed by atoms with van der Waals surface area (Å²) in [7, 11) is 0. The van der Waals surface area contributed by atoms with Crippen LogP contribution in [0.25, 0.3) is 10.7 Å². The van der Waals surface area contributed by atoms with Gasteiger partial charge in [-0.2, -0.15) is 0 Å². The Morgan fingerprint density at radius 1 is 1.33 bits per heavy atom. The summed E-state index contributed by atoms with van der Waals surface area (Å²) in [5.74, 6) is 1.99. The molecule has 2 aromatic rings. The van der Waals surface area contributed by atoms with Crippen molar-refractivity contribution in [3.05, 3.63) is 28.2 Å². The molecule has 0 unspecified atom stereocenters. The second kappa shape index (κ2) is 5.67. The van der Waals surface area contributed by atoms with Gasteiger partial charge in [-0.1, -0.05) is 25.4 Å². The number of anilines is 1. The van der Waals surface area contributed by atoms with Crippen LogP contribution in [0.3, 0.4) is 0 Å². The Kier molecular flexibility index (Phi) is 4.19. The third-order valence-corrected chi connectivity index (χ3v) is 3.76. The molecule has 0 aliphatic carbocycles. The van der Waals surface area contributed by atoms with E-state index < -0.39 is 0 Å². The maximum atomic E-state index is 5.95. The molecule has 5 heteroatoms. The standard InChI is InChI=1S/C13H16ClN3S/c1-4-15-12-6-10(8(2)3)16-13(17-12)11-5-9(14)7-18-11/h5-8H,4H2,1-3H3,(H,15,16,17). The molecule has 0 atom stereocenters. The fourth-order valence-electron chi connectivity index (χ4n) is 1.57. The van der Waals surface area contributed by atoms with E-state index in [1.54, 1.807) is 11.3 Å². The average Bonchev–Trinajstić information content (AvgIpc) is 2.76. The molecule has 96 valence electrons. The number of rotatable bonds is 4. The first-order valence-electron chi connectivity index (χ1n) is 5.97. The molecular formula is C13H16ClN3S. The fourth-order valence-corrected chi connectivity index (χ4v) is 2.58. The molecule has 0 saturated heterocycles. The molecule has 0 aliphatic rings. The zero-order valence-corrected chi connectivity index (χ0v) is 12.3. The van der Waals surface area contributed by atoms with E-state index in [1.807, 2.05) is 17.5 Å². The van der Waals surface area contributed by atoms with Gasteiger partial charge in [-0.25, -0.2) is 9.97 Å². The Morgan fingerprint density at radius 3 is 2.67 bits per heavy atom. The minimum atomic E-state index is 0.375. The summed E-state index contributed by atoms with van der Waals surface area (Å²) < 4.78 is 0. The van der Waals surface area contributed by atoms with Crippen LogP contribution in [0.2, 0.25) is 5.02 Å². The number of halogens is 1. The van der Waals surface area contributed by atoms with Crippen molar-refractivity contribution in [2.45, 2.75) is 26.7 Å². The van der Waals surface area contributed by atoms with Crippen molar-refractivity contribution >= 4 is 28.8 Å². The van der Waals surface area contributed by atoms with Gasteiger partial charge in [0.15, 0.2) is 5.82 Å². The van der Waals surface area contributed by atoms with Crippen molar-refractivity contribution in [1.82, 2.24) is 9.97 Å². The van der Waals surface area contributed by atoms with Gasteiger partial charge in [0.2, 0.25) is 0 Å². The molecular weight excluding hydrogens is 266 g/mol. The van der Waals surface area contributed by atoms with Gasteiger partial charge in [-0.15, -0.1) is 11.3 Å². The molecule has 0 aromatic carbocycles. The van der Waals surface area contributed by atoms with Crippen LogP contribution in [0.4, 0.5) is 5.82 Å². The van der Waals surface area contributed by atoms with E-state index in [2.05, 4.69) is 36.1 Å². The molecule has 1 N–H and O–H groups in total. The Balaban J connectivity index is 2.45. The first kappa shape index (κ1) is 13.3. The molecule has 0 amide bonds. The lowest BCUT2D eigenvalue weighted by Crippen LogP contribution is -2.04. The van der Waals surface area contributed by atoms with E-state index >= 15 is 0 Å². The van der Waals surface area contributed by atoms with Crippen LogP contribution in [-0.4, -0.2) is 16.5 Å². The highest BCUT2D eigenvalue weighted by molar-refractivity contribution is 7.14. The van der Waals surface area contributed by atoms with E-state index in [1.165, 1.54) is 0 Å². The van der Waals surface area contributed by atoms with Crippen LogP contribution in [-0.2, 0) is 0 Å². The lowest BCUT2D eigenvalue weighted by atomic mass is 10.1. The smallest absolute Gasteiger partial charge is 0.171 e. The second-order valence-corrected chi connectivity index (χ2v) is 5.66. The number of aromatic nitrogens is 2. The van der Waals surface area contributed by atoms with Crippen molar-refractivity contribution in [2.24, 2.45) is 0 Å². The van der Waals surface area contributed by atoms with E-state index in [4.69, 9.17) is 11.6 Å². The SMILES string of the molecule is CCNc1cc(C(C)C)nc(-c2cc(Cl)cs2)n1. The van der Waals surface area contributed by atoms with Gasteiger partial charge in [-0.05, 0) is 18.9 Å². The van der Waals surface area contributed by atoms with Crippen LogP contribution in [0.1, 0.15) is 32.4 Å². The lowest BCUT2D eigenvalue weighted by molar-refractivity contribution is 0.817. The summed E-state index contributed by atoms with van der Waals surface area (Å²) in [6, 6.07) is 3.91. The Labute approximate surface area is 116 Å². The molecule has 0 radical (unpaired) electrons. The highest BCUT2D eigenvalue weighted by Gasteiger charge is 2.10. The van der Waals surface area contributed by atoms with Crippen molar-refractivity contribution < 1.29 is 0 Å². The molecule has 2 rings (SSSR count). The molecule has 0 aliphatic heterocycles. The highest BCUT2D eigenvalue weighted by atomic mass is 35.5. The minimum Gasteiger partial charge on any atom is -0.370 e. The normalized spacial score (nSPS) is 10.9. The molecule has 2 aromatic heterocycles. The summed E-state index contributed by atoms with van der Waals surface area (Å²) >= 11 is 7.52. The van der Waals surface area contributed by atoms with Crippen LogP contribution in [0, 0.1) is 0 Å². The monoisotopic (exact) mass is 281 g/mol. The maximum absolute atomic E-state index is 5.95. The molecule has 0 saturated carbocycles. The molecule has 0 bridgehead atoms. The zero-order chi connectivity index (χ0) is 13.1. The minimum absolute atomic E-state index is 0.375. The summed E-state index contributed by atoms with van der Waals surface area (Å²) in [5.41, 5.74) is 1.04. The van der Waals surface area contributed by atoms with Crippen LogP contribution >= 0.6 is 22.9 Å². The summed E-state index contributed by atoms with van der Waals surface area (Å²) in [6.07, 6.45) is 0. The lowest BCUT2D eigenvalue weighted by Gasteiger charge is -2.10. The molecule has 0 spiro atoms. The van der Waals surface area contributed by atoms with Crippen LogP contribution < -0.4 is 5.32 Å². The van der Waals surface area contributed by atoms with Crippen molar-refractivity contribution in [3.8, 4) is 10.7 Å². The van der Waals surface area contributed by atoms with Crippen molar-refractivity contribution in [1.29, 1.82) is 0 Å². The predicted octanol–water partition coefficient (Wildman–Crippen LogP) is 4.41. The maximum Gasteiger partial charge on any atom is 0.171 e. The van der Waals surface area contributed by atoms with Gasteiger partial charge in [-0.3, -0.25) is 0 Å². The number of nitrogens with zero attached hydrogens (tertiary/aromatic N) is 2. The third-order valence-electron chi connectivity index (χ3n) is 2.48. The topological polar surface area (TPSA) is 37.8 Å². The predicted molar refractivity (Wildman–Crippen MR) is 78.6 cm³/mol. The number of hydrogen-bond acceptors (Lipinski definition) is 4. The summed E-state index contributed by atoms with van der Waals surface area (Å²) in [6.45, 7) is 7.16. The second-order valence-electron chi connectivity index (χ2n) is 4.32. The van der Waals surface area contributed by atoms with Gasteiger partial charge in [0.05, 0.1) is 9.90 Å². The van der Waals surface area contributed by atoms with Gasteiger partial charge in [0, 0.05) is 23.7 Å². The van der Waals surface area contributed by atoms with E-state index in [0.29, 0.717) is 5.92 Å². The Bertz CT molecular complexity index is 537. The largest absolute Gasteiger partial charge is 0.370 e.